The van der Waals surface area contributed by atoms with Crippen molar-refractivity contribution in [3.8, 4) is 11.3 Å². The Kier molecular flexibility index (Phi) is 7.06. The molecule has 0 radical (unpaired) electrons. The van der Waals surface area contributed by atoms with Gasteiger partial charge in [0.15, 0.2) is 5.54 Å². The number of pyridine rings is 1. The van der Waals surface area contributed by atoms with E-state index in [0.29, 0.717) is 37.8 Å². The number of esters is 1. The van der Waals surface area contributed by atoms with Crippen molar-refractivity contribution in [3.05, 3.63) is 79.1 Å². The zero-order chi connectivity index (χ0) is 27.2. The zero-order valence-electron chi connectivity index (χ0n) is 20.5. The number of benzene rings is 2. The van der Waals surface area contributed by atoms with E-state index in [-0.39, 0.29) is 37.4 Å². The van der Waals surface area contributed by atoms with E-state index in [0.717, 1.165) is 4.47 Å². The van der Waals surface area contributed by atoms with E-state index in [4.69, 9.17) is 27.9 Å². The summed E-state index contributed by atoms with van der Waals surface area (Å²) in [6.07, 6.45) is 2.08. The third kappa shape index (κ3) is 4.40. The number of aromatic nitrogens is 4. The molecule has 4 aromatic rings. The third-order valence-corrected chi connectivity index (χ3v) is 8.16. The fourth-order valence-electron chi connectivity index (χ4n) is 4.91. The highest BCUT2D eigenvalue weighted by Crippen LogP contribution is 2.37. The molecule has 1 fully saturated rings. The smallest absolute Gasteiger partial charge is 0.334 e. The molecule has 0 unspecified atom stereocenters. The lowest BCUT2D eigenvalue weighted by Gasteiger charge is -2.39. The van der Waals surface area contributed by atoms with E-state index in [2.05, 4.69) is 26.2 Å². The molecule has 1 amide bonds. The van der Waals surface area contributed by atoms with Crippen LogP contribution in [-0.2, 0) is 22.1 Å². The minimum atomic E-state index is -1.18. The highest BCUT2D eigenvalue weighted by atomic mass is 79.9. The number of aryl methyl sites for hydroxylation is 1. The Bertz CT molecular complexity index is 1620. The number of nitrogens with zero attached hydrogens (tertiary/aromatic N) is 5. The van der Waals surface area contributed by atoms with Gasteiger partial charge in [-0.25, -0.2) is 9.48 Å². The van der Waals surface area contributed by atoms with Crippen molar-refractivity contribution in [1.82, 2.24) is 24.5 Å². The van der Waals surface area contributed by atoms with Gasteiger partial charge in [0, 0.05) is 54.5 Å². The fourth-order valence-corrected chi connectivity index (χ4v) is 5.86. The number of rotatable bonds is 4. The van der Waals surface area contributed by atoms with Crippen LogP contribution in [0.3, 0.4) is 0 Å². The van der Waals surface area contributed by atoms with Gasteiger partial charge in [-0.1, -0.05) is 50.4 Å². The van der Waals surface area contributed by atoms with Gasteiger partial charge in [0.05, 0.1) is 34.4 Å². The maximum atomic E-state index is 13.6. The summed E-state index contributed by atoms with van der Waals surface area (Å²) >= 11 is 16.1. The lowest BCUT2D eigenvalue weighted by atomic mass is 9.87. The van der Waals surface area contributed by atoms with Crippen molar-refractivity contribution < 1.29 is 14.3 Å². The molecule has 0 bridgehead atoms. The van der Waals surface area contributed by atoms with Crippen LogP contribution in [0.2, 0.25) is 10.0 Å². The number of amides is 1. The van der Waals surface area contributed by atoms with Gasteiger partial charge in [-0.2, -0.15) is 0 Å². The average Bonchev–Trinajstić information content (AvgIpc) is 3.40. The second-order valence-electron chi connectivity index (χ2n) is 9.08. The van der Waals surface area contributed by atoms with Crippen LogP contribution in [0.4, 0.5) is 0 Å². The Morgan fingerprint density at radius 3 is 2.42 bits per heavy atom. The molecule has 38 heavy (non-hydrogen) atoms. The molecule has 12 heteroatoms. The Labute approximate surface area is 236 Å². The van der Waals surface area contributed by atoms with Crippen LogP contribution < -0.4 is 5.56 Å². The van der Waals surface area contributed by atoms with Crippen LogP contribution in [0.25, 0.3) is 22.2 Å². The number of carbonyl (C=O) groups excluding carboxylic acids is 2. The van der Waals surface area contributed by atoms with Crippen LogP contribution in [0.15, 0.2) is 57.9 Å². The van der Waals surface area contributed by atoms with Gasteiger partial charge in [-0.3, -0.25) is 9.59 Å². The number of ether oxygens (including phenoxy) is 1. The third-order valence-electron chi connectivity index (χ3n) is 7.03. The van der Waals surface area contributed by atoms with Gasteiger partial charge in [0.1, 0.15) is 5.69 Å². The van der Waals surface area contributed by atoms with Crippen molar-refractivity contribution >= 4 is 61.9 Å². The number of methoxy groups -OCH3 is 1. The molecule has 0 aliphatic carbocycles. The molecule has 0 spiro atoms. The highest BCUT2D eigenvalue weighted by Gasteiger charge is 2.46. The van der Waals surface area contributed by atoms with Gasteiger partial charge in [-0.05, 0) is 30.3 Å². The molecule has 0 atom stereocenters. The molecule has 3 heterocycles. The number of halogens is 3. The zero-order valence-corrected chi connectivity index (χ0v) is 23.5. The number of hydrogen-bond acceptors (Lipinski definition) is 6. The molecule has 9 nitrogen and oxygen atoms in total. The molecule has 1 aliphatic rings. The summed E-state index contributed by atoms with van der Waals surface area (Å²) in [5.74, 6) is -0.777. The Morgan fingerprint density at radius 1 is 1.08 bits per heavy atom. The van der Waals surface area contributed by atoms with Gasteiger partial charge in [0.2, 0.25) is 0 Å². The van der Waals surface area contributed by atoms with E-state index in [1.54, 1.807) is 42.4 Å². The summed E-state index contributed by atoms with van der Waals surface area (Å²) in [7, 11) is 2.98. The van der Waals surface area contributed by atoms with Gasteiger partial charge >= 0.3 is 5.97 Å². The van der Waals surface area contributed by atoms with Crippen molar-refractivity contribution in [2.24, 2.45) is 7.05 Å². The standard InChI is InChI=1S/C26H22BrCl2N5O4/c1-32-21-7-6-15(27)12-16(21)17(13-22(32)35)24(36)33-10-8-26(9-11-33,25(37)38-2)34-14-20(30-31-34)23-18(28)4-3-5-19(23)29/h3-7,12-14H,8-11H2,1-2H3. The van der Waals surface area contributed by atoms with Crippen LogP contribution in [0, 0.1) is 0 Å². The summed E-state index contributed by atoms with van der Waals surface area (Å²) < 4.78 is 8.93. The second kappa shape index (κ2) is 10.2. The lowest BCUT2D eigenvalue weighted by Crippen LogP contribution is -2.53. The number of likely N-dealkylation sites (tertiary alicyclic amines) is 1. The predicted octanol–water partition coefficient (Wildman–Crippen LogP) is 4.67. The minimum absolute atomic E-state index is 0.233. The molecule has 2 aromatic heterocycles. The average molecular weight is 619 g/mol. The van der Waals surface area contributed by atoms with E-state index in [1.807, 2.05) is 12.1 Å². The summed E-state index contributed by atoms with van der Waals surface area (Å²) in [4.78, 5) is 40.9. The summed E-state index contributed by atoms with van der Waals surface area (Å²) in [6.45, 7) is 0.474. The first-order valence-electron chi connectivity index (χ1n) is 11.7. The molecule has 2 aromatic carbocycles. The molecular formula is C26H22BrCl2N5O4. The van der Waals surface area contributed by atoms with E-state index < -0.39 is 11.5 Å². The van der Waals surface area contributed by atoms with Gasteiger partial charge in [-0.15, -0.1) is 5.10 Å². The Morgan fingerprint density at radius 2 is 1.76 bits per heavy atom. The predicted molar refractivity (Wildman–Crippen MR) is 147 cm³/mol. The number of hydrogen-bond donors (Lipinski definition) is 0. The van der Waals surface area contributed by atoms with E-state index in [9.17, 15) is 14.4 Å². The first kappa shape index (κ1) is 26.4. The van der Waals surface area contributed by atoms with Gasteiger partial charge in [0.25, 0.3) is 11.5 Å². The van der Waals surface area contributed by atoms with Gasteiger partial charge < -0.3 is 14.2 Å². The van der Waals surface area contributed by atoms with Crippen molar-refractivity contribution in [2.75, 3.05) is 20.2 Å². The molecular weight excluding hydrogens is 597 g/mol. The van der Waals surface area contributed by atoms with Crippen molar-refractivity contribution in [1.29, 1.82) is 0 Å². The van der Waals surface area contributed by atoms with E-state index in [1.165, 1.54) is 22.4 Å². The maximum Gasteiger partial charge on any atom is 0.334 e. The summed E-state index contributed by atoms with van der Waals surface area (Å²) in [5, 5.41) is 9.93. The molecule has 0 N–H and O–H groups in total. The molecule has 5 rings (SSSR count). The van der Waals surface area contributed by atoms with Crippen LogP contribution >= 0.6 is 39.1 Å². The minimum Gasteiger partial charge on any atom is -0.467 e. The molecule has 1 aliphatic heterocycles. The lowest BCUT2D eigenvalue weighted by molar-refractivity contribution is -0.154. The Hall–Kier alpha value is -3.21. The summed E-state index contributed by atoms with van der Waals surface area (Å²) in [6, 6.07) is 11.9. The largest absolute Gasteiger partial charge is 0.467 e. The SMILES string of the molecule is COC(=O)C1(n2cc(-c3c(Cl)cccc3Cl)nn2)CCN(C(=O)c2cc(=O)n(C)c3ccc(Br)cc23)CC1. The second-order valence-corrected chi connectivity index (χ2v) is 10.8. The molecule has 1 saturated heterocycles. The fraction of sp³-hybridized carbons (Fsp3) is 0.269. The first-order chi connectivity index (χ1) is 18.2. The quantitative estimate of drug-likeness (QED) is 0.308. The highest BCUT2D eigenvalue weighted by molar-refractivity contribution is 9.10. The number of piperidine rings is 1. The van der Waals surface area contributed by atoms with Crippen molar-refractivity contribution in [3.63, 3.8) is 0 Å². The molecule has 196 valence electrons. The van der Waals surface area contributed by atoms with E-state index >= 15 is 0 Å². The van der Waals surface area contributed by atoms with Crippen LogP contribution in [-0.4, -0.2) is 56.5 Å². The topological polar surface area (TPSA) is 99.3 Å². The molecule has 0 saturated carbocycles. The maximum absolute atomic E-state index is 13.6. The van der Waals surface area contributed by atoms with Crippen LogP contribution in [0.1, 0.15) is 23.2 Å². The Balaban J connectivity index is 1.47. The number of carbonyl (C=O) groups is 2. The normalized spacial score (nSPS) is 15.0. The monoisotopic (exact) mass is 617 g/mol. The van der Waals surface area contributed by atoms with Crippen LogP contribution in [0.5, 0.6) is 0 Å². The summed E-state index contributed by atoms with van der Waals surface area (Å²) in [5.41, 5.74) is 0.433. The first-order valence-corrected chi connectivity index (χ1v) is 13.3. The van der Waals surface area contributed by atoms with Crippen molar-refractivity contribution in [2.45, 2.75) is 18.4 Å². The number of fused-ring (bicyclic) bond motifs is 1.